The number of fused-ring (bicyclic) bond motifs is 3. The summed E-state index contributed by atoms with van der Waals surface area (Å²) in [4.78, 5) is 26.4. The highest BCUT2D eigenvalue weighted by Crippen LogP contribution is 2.40. The van der Waals surface area contributed by atoms with Crippen molar-refractivity contribution in [3.8, 4) is 0 Å². The number of carbonyl (C=O) groups excluding carboxylic acids is 1. The topological polar surface area (TPSA) is 46.1 Å². The fourth-order valence-corrected chi connectivity index (χ4v) is 6.79. The number of likely N-dealkylation sites (tertiary alicyclic amines) is 1. The first-order chi connectivity index (χ1) is 14.3. The van der Waals surface area contributed by atoms with E-state index in [-0.39, 0.29) is 5.91 Å². The number of carbonyl (C=O) groups is 1. The first-order valence-electron chi connectivity index (χ1n) is 10.5. The lowest BCUT2D eigenvalue weighted by molar-refractivity contribution is -0.129. The lowest BCUT2D eigenvalue weighted by Crippen LogP contribution is -2.39. The highest BCUT2D eigenvalue weighted by molar-refractivity contribution is 8.00. The van der Waals surface area contributed by atoms with Crippen molar-refractivity contribution in [2.24, 2.45) is 5.92 Å². The number of benzene rings is 1. The van der Waals surface area contributed by atoms with Crippen LogP contribution in [0.4, 0.5) is 0 Å². The number of rotatable bonds is 5. The van der Waals surface area contributed by atoms with Gasteiger partial charge < -0.3 is 4.90 Å². The number of hydrogen-bond acceptors (Lipinski definition) is 5. The van der Waals surface area contributed by atoms with Crippen LogP contribution in [0.5, 0.6) is 0 Å². The van der Waals surface area contributed by atoms with Gasteiger partial charge in [-0.25, -0.2) is 9.97 Å². The van der Waals surface area contributed by atoms with Gasteiger partial charge in [0.1, 0.15) is 16.2 Å². The average Bonchev–Trinajstić information content (AvgIpc) is 3.34. The van der Waals surface area contributed by atoms with Gasteiger partial charge in [0, 0.05) is 23.4 Å². The Bertz CT molecular complexity index is 1010. The molecule has 5 rings (SSSR count). The molecule has 0 radical (unpaired) electrons. The average molecular weight is 424 g/mol. The third kappa shape index (κ3) is 4.05. The summed E-state index contributed by atoms with van der Waals surface area (Å²) in [6.07, 6.45) is 8.49. The molecule has 1 amide bonds. The van der Waals surface area contributed by atoms with Gasteiger partial charge in [-0.15, -0.1) is 11.3 Å². The van der Waals surface area contributed by atoms with Crippen LogP contribution in [0, 0.1) is 5.92 Å². The van der Waals surface area contributed by atoms with E-state index < -0.39 is 0 Å². The molecule has 1 aliphatic carbocycles. The number of nitrogens with zero attached hydrogens (tertiary/aromatic N) is 3. The number of piperidine rings is 1. The fourth-order valence-electron chi connectivity index (χ4n) is 4.56. The van der Waals surface area contributed by atoms with Crippen LogP contribution >= 0.6 is 23.1 Å². The summed E-state index contributed by atoms with van der Waals surface area (Å²) in [6.45, 7) is 1.76. The lowest BCUT2D eigenvalue weighted by atomic mass is 9.90. The molecular weight excluding hydrogens is 398 g/mol. The van der Waals surface area contributed by atoms with Crippen molar-refractivity contribution in [3.05, 3.63) is 52.7 Å². The molecule has 3 aromatic rings. The second kappa shape index (κ2) is 8.44. The molecule has 150 valence electrons. The lowest BCUT2D eigenvalue weighted by Gasteiger charge is -2.32. The number of thioether (sulfide) groups is 1. The maximum atomic E-state index is 12.8. The van der Waals surface area contributed by atoms with Gasteiger partial charge >= 0.3 is 0 Å². The maximum Gasteiger partial charge on any atom is 0.232 e. The van der Waals surface area contributed by atoms with Gasteiger partial charge in [-0.2, -0.15) is 0 Å². The van der Waals surface area contributed by atoms with Gasteiger partial charge in [0.05, 0.1) is 5.75 Å². The van der Waals surface area contributed by atoms with Crippen molar-refractivity contribution in [3.63, 3.8) is 0 Å². The molecule has 0 saturated carbocycles. The highest BCUT2D eigenvalue weighted by Gasteiger charge is 2.25. The molecule has 0 atom stereocenters. The van der Waals surface area contributed by atoms with Gasteiger partial charge in [-0.1, -0.05) is 42.1 Å². The van der Waals surface area contributed by atoms with E-state index in [0.717, 1.165) is 55.0 Å². The van der Waals surface area contributed by atoms with Gasteiger partial charge in [0.25, 0.3) is 0 Å². The van der Waals surface area contributed by atoms with E-state index in [1.165, 1.54) is 27.8 Å². The van der Waals surface area contributed by atoms with Gasteiger partial charge in [-0.05, 0) is 55.6 Å². The Balaban J connectivity index is 1.18. The van der Waals surface area contributed by atoms with Crippen molar-refractivity contribution in [2.75, 3.05) is 18.8 Å². The Kier molecular flexibility index (Phi) is 5.55. The SMILES string of the molecule is O=C(CSc1ncnc2sc3c(c12)CCC3)N1CCC(Cc2ccccc2)CC1. The number of hydrogen-bond donors (Lipinski definition) is 0. The maximum absolute atomic E-state index is 12.8. The Labute approximate surface area is 179 Å². The van der Waals surface area contributed by atoms with Crippen molar-refractivity contribution in [2.45, 2.75) is 43.6 Å². The monoisotopic (exact) mass is 423 g/mol. The van der Waals surface area contributed by atoms with E-state index >= 15 is 0 Å². The molecule has 1 aromatic carbocycles. The third-order valence-electron chi connectivity index (χ3n) is 6.13. The molecule has 1 saturated heterocycles. The molecule has 0 spiro atoms. The summed E-state index contributed by atoms with van der Waals surface area (Å²) in [7, 11) is 0. The molecule has 3 heterocycles. The van der Waals surface area contributed by atoms with Crippen LogP contribution in [0.15, 0.2) is 41.7 Å². The Morgan fingerprint density at radius 2 is 1.97 bits per heavy atom. The summed E-state index contributed by atoms with van der Waals surface area (Å²) in [5.41, 5.74) is 2.84. The van der Waals surface area contributed by atoms with Crippen LogP contribution in [0.2, 0.25) is 0 Å². The molecule has 0 N–H and O–H groups in total. The predicted molar refractivity (Wildman–Crippen MR) is 120 cm³/mol. The normalized spacial score (nSPS) is 17.0. The number of aryl methyl sites for hydroxylation is 2. The van der Waals surface area contributed by atoms with Crippen molar-refractivity contribution >= 4 is 39.2 Å². The molecule has 6 heteroatoms. The van der Waals surface area contributed by atoms with Crippen LogP contribution in [-0.4, -0.2) is 39.6 Å². The smallest absolute Gasteiger partial charge is 0.232 e. The third-order valence-corrected chi connectivity index (χ3v) is 8.31. The first kappa shape index (κ1) is 19.1. The van der Waals surface area contributed by atoms with E-state index in [1.807, 2.05) is 4.90 Å². The van der Waals surface area contributed by atoms with Gasteiger partial charge in [0.15, 0.2) is 0 Å². The molecule has 0 unspecified atom stereocenters. The van der Waals surface area contributed by atoms with Crippen molar-refractivity contribution in [1.29, 1.82) is 0 Å². The van der Waals surface area contributed by atoms with E-state index in [2.05, 4.69) is 40.3 Å². The standard InChI is InChI=1S/C23H25N3OS2/c27-20(26-11-9-17(10-12-26)13-16-5-2-1-3-6-16)14-28-22-21-18-7-4-8-19(18)29-23(21)25-15-24-22/h1-3,5-6,15,17H,4,7-14H2. The van der Waals surface area contributed by atoms with E-state index in [1.54, 1.807) is 29.4 Å². The molecule has 1 fully saturated rings. The van der Waals surface area contributed by atoms with E-state index in [4.69, 9.17) is 0 Å². The molecule has 2 aliphatic rings. The zero-order chi connectivity index (χ0) is 19.6. The van der Waals surface area contributed by atoms with E-state index in [9.17, 15) is 4.79 Å². The van der Waals surface area contributed by atoms with Gasteiger partial charge in [-0.3, -0.25) is 4.79 Å². The minimum atomic E-state index is 0.242. The number of thiophene rings is 1. The van der Waals surface area contributed by atoms with Crippen LogP contribution in [-0.2, 0) is 24.1 Å². The van der Waals surface area contributed by atoms with Crippen molar-refractivity contribution in [1.82, 2.24) is 14.9 Å². The summed E-state index contributed by atoms with van der Waals surface area (Å²) in [6, 6.07) is 10.7. The molecule has 2 aromatic heterocycles. The Hall–Kier alpha value is -1.92. The molecular formula is C23H25N3OS2. The summed E-state index contributed by atoms with van der Waals surface area (Å²) >= 11 is 3.39. The number of amides is 1. The Morgan fingerprint density at radius 3 is 2.79 bits per heavy atom. The van der Waals surface area contributed by atoms with Crippen LogP contribution < -0.4 is 0 Å². The second-order valence-electron chi connectivity index (χ2n) is 8.02. The minimum Gasteiger partial charge on any atom is -0.342 e. The molecule has 0 bridgehead atoms. The molecule has 1 aliphatic heterocycles. The highest BCUT2D eigenvalue weighted by atomic mass is 32.2. The zero-order valence-electron chi connectivity index (χ0n) is 16.5. The Morgan fingerprint density at radius 1 is 1.14 bits per heavy atom. The van der Waals surface area contributed by atoms with Crippen LogP contribution in [0.1, 0.15) is 35.3 Å². The van der Waals surface area contributed by atoms with Crippen molar-refractivity contribution < 1.29 is 4.79 Å². The summed E-state index contributed by atoms with van der Waals surface area (Å²) < 4.78 is 0. The predicted octanol–water partition coefficient (Wildman–Crippen LogP) is 4.75. The second-order valence-corrected chi connectivity index (χ2v) is 10.1. The van der Waals surface area contributed by atoms with Gasteiger partial charge in [0.2, 0.25) is 5.91 Å². The quantitative estimate of drug-likeness (QED) is 0.439. The summed E-state index contributed by atoms with van der Waals surface area (Å²) in [5.74, 6) is 1.40. The first-order valence-corrected chi connectivity index (χ1v) is 12.3. The minimum absolute atomic E-state index is 0.242. The largest absolute Gasteiger partial charge is 0.342 e. The molecule has 4 nitrogen and oxygen atoms in total. The molecule has 29 heavy (non-hydrogen) atoms. The summed E-state index contributed by atoms with van der Waals surface area (Å²) in [5, 5.41) is 2.20. The number of aromatic nitrogens is 2. The zero-order valence-corrected chi connectivity index (χ0v) is 18.1. The van der Waals surface area contributed by atoms with Crippen LogP contribution in [0.25, 0.3) is 10.2 Å². The van der Waals surface area contributed by atoms with E-state index in [0.29, 0.717) is 11.7 Å². The van der Waals surface area contributed by atoms with Crippen LogP contribution in [0.3, 0.4) is 0 Å². The fraction of sp³-hybridized carbons (Fsp3) is 0.435.